The molecule has 0 unspecified atom stereocenters. The summed E-state index contributed by atoms with van der Waals surface area (Å²) in [5.74, 6) is -0.868. The van der Waals surface area contributed by atoms with Crippen LogP contribution in [0.5, 0.6) is 17.2 Å². The summed E-state index contributed by atoms with van der Waals surface area (Å²) in [7, 11) is 0. The van der Waals surface area contributed by atoms with Gasteiger partial charge in [-0.2, -0.15) is 0 Å². The molecule has 0 aliphatic rings. The first-order valence-corrected chi connectivity index (χ1v) is 11.8. The first-order chi connectivity index (χ1) is 17.6. The van der Waals surface area contributed by atoms with Crippen LogP contribution in [0.1, 0.15) is 34.6 Å². The van der Waals surface area contributed by atoms with E-state index in [0.717, 1.165) is 0 Å². The molecule has 2 aromatic carbocycles. The molecule has 0 saturated heterocycles. The van der Waals surface area contributed by atoms with Gasteiger partial charge in [-0.1, -0.05) is 45.7 Å². The summed E-state index contributed by atoms with van der Waals surface area (Å²) in [5, 5.41) is 0. The Labute approximate surface area is 218 Å². The van der Waals surface area contributed by atoms with Gasteiger partial charge in [-0.05, 0) is 56.2 Å². The van der Waals surface area contributed by atoms with Gasteiger partial charge in [0.15, 0.2) is 17.3 Å². The van der Waals surface area contributed by atoms with Crippen molar-refractivity contribution in [3.05, 3.63) is 78.9 Å². The van der Waals surface area contributed by atoms with Crippen LogP contribution >= 0.6 is 0 Å². The first kappa shape index (κ1) is 31.0. The number of esters is 2. The van der Waals surface area contributed by atoms with Crippen molar-refractivity contribution < 1.29 is 37.7 Å². The minimum atomic E-state index is -0.649. The Bertz CT molecular complexity index is 1100. The average Bonchev–Trinajstić information content (AvgIpc) is 2.86. The lowest BCUT2D eigenvalue weighted by atomic mass is 10.0. The number of carbonyl (C=O) groups excluding carboxylic acids is 2. The highest BCUT2D eigenvalue weighted by molar-refractivity contribution is 5.89. The van der Waals surface area contributed by atoms with Crippen molar-refractivity contribution in [2.45, 2.75) is 34.6 Å². The van der Waals surface area contributed by atoms with E-state index in [4.69, 9.17) is 23.7 Å². The van der Waals surface area contributed by atoms with Crippen molar-refractivity contribution in [1.29, 1.82) is 0 Å². The van der Waals surface area contributed by atoms with E-state index in [-0.39, 0.29) is 49.1 Å². The Morgan fingerprint density at radius 1 is 0.757 bits per heavy atom. The summed E-state index contributed by atoms with van der Waals surface area (Å²) < 4.78 is 41.7. The number of hydrogen-bond acceptors (Lipinski definition) is 7. The second kappa shape index (κ2) is 15.8. The lowest BCUT2D eigenvalue weighted by molar-refractivity contribution is -0.139. The van der Waals surface area contributed by atoms with Crippen LogP contribution in [-0.4, -0.2) is 38.4 Å². The standard InChI is InChI=1S/C27H29FO7.C2H6/c1-17(2)26(29)34-14-12-32-24-16-21(15-23(28)25(24)33-13-11-31-19(5)6)20-7-9-22(10-8-20)35-27(30)18(3)4;1-2/h7-10,15-16H,1,3,5,11-14H2,2,4,6H3;1-2H3. The summed E-state index contributed by atoms with van der Waals surface area (Å²) in [6.07, 6.45) is 0. The van der Waals surface area contributed by atoms with Gasteiger partial charge in [0.1, 0.15) is 32.2 Å². The normalized spacial score (nSPS) is 9.78. The molecular formula is C29H35FO7. The number of halogens is 1. The van der Waals surface area contributed by atoms with Crippen molar-refractivity contribution in [1.82, 2.24) is 0 Å². The van der Waals surface area contributed by atoms with Gasteiger partial charge in [0.05, 0.1) is 5.76 Å². The molecule has 200 valence electrons. The first-order valence-electron chi connectivity index (χ1n) is 11.8. The maximum absolute atomic E-state index is 15.0. The van der Waals surface area contributed by atoms with Crippen LogP contribution in [0.15, 0.2) is 73.0 Å². The molecule has 0 radical (unpaired) electrons. The Kier molecular flexibility index (Phi) is 13.2. The fraction of sp³-hybridized carbons (Fsp3) is 0.310. The maximum Gasteiger partial charge on any atom is 0.338 e. The van der Waals surface area contributed by atoms with Gasteiger partial charge in [0.2, 0.25) is 0 Å². The van der Waals surface area contributed by atoms with Crippen molar-refractivity contribution in [2.75, 3.05) is 26.4 Å². The third-order valence-electron chi connectivity index (χ3n) is 4.36. The number of rotatable bonds is 13. The quantitative estimate of drug-likeness (QED) is 0.100. The third kappa shape index (κ3) is 10.6. The zero-order chi connectivity index (χ0) is 28.0. The van der Waals surface area contributed by atoms with E-state index < -0.39 is 17.8 Å². The second-order valence-corrected chi connectivity index (χ2v) is 7.64. The fourth-order valence-electron chi connectivity index (χ4n) is 2.66. The van der Waals surface area contributed by atoms with Gasteiger partial charge in [-0.25, -0.2) is 14.0 Å². The highest BCUT2D eigenvalue weighted by Gasteiger charge is 2.16. The molecule has 0 bridgehead atoms. The lowest BCUT2D eigenvalue weighted by Crippen LogP contribution is -2.14. The van der Waals surface area contributed by atoms with Gasteiger partial charge >= 0.3 is 11.9 Å². The molecule has 8 heteroatoms. The maximum atomic E-state index is 15.0. The highest BCUT2D eigenvalue weighted by Crippen LogP contribution is 2.36. The number of ether oxygens (including phenoxy) is 5. The highest BCUT2D eigenvalue weighted by atomic mass is 19.1. The Hall–Kier alpha value is -4.07. The van der Waals surface area contributed by atoms with Gasteiger partial charge in [0, 0.05) is 11.1 Å². The molecule has 0 amide bonds. The minimum Gasteiger partial charge on any atom is -0.495 e. The van der Waals surface area contributed by atoms with E-state index in [0.29, 0.717) is 22.6 Å². The Morgan fingerprint density at radius 3 is 1.89 bits per heavy atom. The van der Waals surface area contributed by atoms with Crippen LogP contribution in [0.4, 0.5) is 4.39 Å². The minimum absolute atomic E-state index is 0.0314. The van der Waals surface area contributed by atoms with Crippen LogP contribution in [0.25, 0.3) is 11.1 Å². The van der Waals surface area contributed by atoms with Crippen LogP contribution in [0.3, 0.4) is 0 Å². The van der Waals surface area contributed by atoms with Crippen molar-refractivity contribution in [3.8, 4) is 28.4 Å². The van der Waals surface area contributed by atoms with Gasteiger partial charge in [-0.15, -0.1) is 0 Å². The topological polar surface area (TPSA) is 80.3 Å². The van der Waals surface area contributed by atoms with Crippen molar-refractivity contribution in [3.63, 3.8) is 0 Å². The predicted octanol–water partition coefficient (Wildman–Crippen LogP) is 6.43. The largest absolute Gasteiger partial charge is 0.495 e. The zero-order valence-electron chi connectivity index (χ0n) is 22.1. The molecule has 0 N–H and O–H groups in total. The second-order valence-electron chi connectivity index (χ2n) is 7.64. The van der Waals surface area contributed by atoms with Gasteiger partial charge in [0.25, 0.3) is 0 Å². The smallest absolute Gasteiger partial charge is 0.338 e. The van der Waals surface area contributed by atoms with Crippen LogP contribution in [0, 0.1) is 5.82 Å². The molecule has 0 heterocycles. The Morgan fingerprint density at radius 2 is 1.32 bits per heavy atom. The summed E-state index contributed by atoms with van der Waals surface area (Å²) in [6.45, 7) is 19.6. The number of hydrogen-bond donors (Lipinski definition) is 0. The van der Waals surface area contributed by atoms with Crippen LogP contribution < -0.4 is 14.2 Å². The summed E-state index contributed by atoms with van der Waals surface area (Å²) >= 11 is 0. The zero-order valence-corrected chi connectivity index (χ0v) is 22.1. The van der Waals surface area contributed by atoms with Crippen LogP contribution in [0.2, 0.25) is 0 Å². The third-order valence-corrected chi connectivity index (χ3v) is 4.36. The number of carbonyl (C=O) groups is 2. The summed E-state index contributed by atoms with van der Waals surface area (Å²) in [6, 6.07) is 9.44. The van der Waals surface area contributed by atoms with Crippen LogP contribution in [-0.2, 0) is 19.1 Å². The molecule has 37 heavy (non-hydrogen) atoms. The molecule has 2 aromatic rings. The molecule has 0 saturated carbocycles. The number of benzene rings is 2. The number of allylic oxidation sites excluding steroid dienone is 1. The lowest BCUT2D eigenvalue weighted by Gasteiger charge is -2.16. The molecule has 0 fully saturated rings. The average molecular weight is 515 g/mol. The Balaban J connectivity index is 0.00000334. The van der Waals surface area contributed by atoms with Crippen molar-refractivity contribution in [2.24, 2.45) is 0 Å². The van der Waals surface area contributed by atoms with Gasteiger partial charge in [-0.3, -0.25) is 0 Å². The molecular weight excluding hydrogens is 479 g/mol. The van der Waals surface area contributed by atoms with Crippen molar-refractivity contribution >= 4 is 11.9 Å². The van der Waals surface area contributed by atoms with E-state index in [2.05, 4.69) is 19.7 Å². The molecule has 0 aliphatic carbocycles. The van der Waals surface area contributed by atoms with E-state index in [9.17, 15) is 9.59 Å². The van der Waals surface area contributed by atoms with Gasteiger partial charge < -0.3 is 23.7 Å². The molecule has 0 aromatic heterocycles. The molecule has 0 aliphatic heterocycles. The van der Waals surface area contributed by atoms with E-state index in [1.54, 1.807) is 44.2 Å². The molecule has 7 nitrogen and oxygen atoms in total. The fourth-order valence-corrected chi connectivity index (χ4v) is 2.66. The SMILES string of the molecule is C=C(C)OCCOc1c(F)cc(-c2ccc(OC(=O)C(=C)C)cc2)cc1OCCOC(=O)C(=C)C.CC. The summed E-state index contributed by atoms with van der Waals surface area (Å²) in [5.41, 5.74) is 1.68. The summed E-state index contributed by atoms with van der Waals surface area (Å²) in [4.78, 5) is 23.2. The predicted molar refractivity (Wildman–Crippen MR) is 141 cm³/mol. The van der Waals surface area contributed by atoms with E-state index in [1.807, 2.05) is 13.8 Å². The van der Waals surface area contributed by atoms with E-state index >= 15 is 4.39 Å². The monoisotopic (exact) mass is 514 g/mol. The molecule has 0 spiro atoms. The molecule has 2 rings (SSSR count). The van der Waals surface area contributed by atoms with E-state index in [1.165, 1.54) is 13.0 Å². The molecule has 0 atom stereocenters.